The number of nitrogens with zero attached hydrogens (tertiary/aromatic N) is 1. The maximum atomic E-state index is 13.0. The largest absolute Gasteiger partial charge is 0.478 e. The molecular weight excluding hydrogens is 414 g/mol. The second kappa shape index (κ2) is 9.84. The van der Waals surface area contributed by atoms with E-state index in [4.69, 9.17) is 23.4 Å². The molecule has 8 heteroatoms. The van der Waals surface area contributed by atoms with Crippen LogP contribution in [0, 0.1) is 0 Å². The molecule has 2 aromatic carbocycles. The third-order valence-electron chi connectivity index (χ3n) is 5.12. The first-order valence-electron chi connectivity index (χ1n) is 10.5. The van der Waals surface area contributed by atoms with Crippen LogP contribution in [0.5, 0.6) is 17.2 Å². The van der Waals surface area contributed by atoms with Crippen LogP contribution in [0.3, 0.4) is 0 Å². The molecule has 168 valence electrons. The second-order valence-corrected chi connectivity index (χ2v) is 7.43. The topological polar surface area (TPSA) is 87.4 Å². The monoisotopic (exact) mass is 439 g/mol. The van der Waals surface area contributed by atoms with Gasteiger partial charge in [0.1, 0.15) is 30.1 Å². The molecule has 0 aliphatic carbocycles. The van der Waals surface area contributed by atoms with Gasteiger partial charge in [-0.2, -0.15) is 0 Å². The number of hydrogen-bond donors (Lipinski definition) is 0. The van der Waals surface area contributed by atoms with Gasteiger partial charge >= 0.3 is 5.97 Å². The summed E-state index contributed by atoms with van der Waals surface area (Å²) in [7, 11) is 1.65. The van der Waals surface area contributed by atoms with E-state index in [1.54, 1.807) is 43.5 Å². The fourth-order valence-corrected chi connectivity index (χ4v) is 3.44. The molecule has 0 saturated carbocycles. The van der Waals surface area contributed by atoms with Gasteiger partial charge in [0.15, 0.2) is 0 Å². The lowest BCUT2D eigenvalue weighted by Gasteiger charge is -2.28. The van der Waals surface area contributed by atoms with Crippen LogP contribution in [0.1, 0.15) is 29.3 Å². The van der Waals surface area contributed by atoms with Crippen LogP contribution in [0.4, 0.5) is 0 Å². The molecule has 0 saturated heterocycles. The molecule has 0 N–H and O–H groups in total. The fraction of sp³-hybridized carbons (Fsp3) is 0.333. The number of hydrogen-bond acceptors (Lipinski definition) is 8. The Morgan fingerprint density at radius 2 is 1.94 bits per heavy atom. The predicted octanol–water partition coefficient (Wildman–Crippen LogP) is 3.95. The quantitative estimate of drug-likeness (QED) is 0.488. The summed E-state index contributed by atoms with van der Waals surface area (Å²) in [5.74, 6) is 0.783. The molecule has 1 aromatic heterocycles. The summed E-state index contributed by atoms with van der Waals surface area (Å²) in [5, 5.41) is 0.415. The van der Waals surface area contributed by atoms with Crippen molar-refractivity contribution in [2.75, 3.05) is 33.6 Å². The maximum absolute atomic E-state index is 13.0. The molecule has 0 bridgehead atoms. The summed E-state index contributed by atoms with van der Waals surface area (Å²) in [6.07, 6.45) is 2.06. The van der Waals surface area contributed by atoms with Crippen LogP contribution in [-0.4, -0.2) is 44.5 Å². The van der Waals surface area contributed by atoms with Crippen molar-refractivity contribution in [1.82, 2.24) is 4.90 Å². The lowest BCUT2D eigenvalue weighted by Crippen LogP contribution is -2.34. The first kappa shape index (κ1) is 21.9. The predicted molar refractivity (Wildman–Crippen MR) is 117 cm³/mol. The summed E-state index contributed by atoms with van der Waals surface area (Å²) in [5.41, 5.74) is 1.44. The van der Waals surface area contributed by atoms with Crippen molar-refractivity contribution >= 4 is 16.9 Å². The lowest BCUT2D eigenvalue weighted by atomic mass is 10.1. The minimum absolute atomic E-state index is 0.0618. The average Bonchev–Trinajstić information content (AvgIpc) is 2.83. The number of rotatable bonds is 8. The van der Waals surface area contributed by atoms with Crippen molar-refractivity contribution in [2.24, 2.45) is 0 Å². The third kappa shape index (κ3) is 4.61. The molecule has 1 aliphatic heterocycles. The minimum Gasteiger partial charge on any atom is -0.478 e. The Bertz CT molecular complexity index is 1150. The smallest absolute Gasteiger partial charge is 0.338 e. The van der Waals surface area contributed by atoms with Crippen molar-refractivity contribution in [1.29, 1.82) is 0 Å². The van der Waals surface area contributed by atoms with E-state index in [1.165, 1.54) is 6.26 Å². The number of carbonyl (C=O) groups excluding carboxylic acids is 1. The SMILES string of the molecule is CCCOC(=O)c1ccc(Oc2coc3c4c(ccc3c2=O)OCN(CCOC)C4)cc1. The highest BCUT2D eigenvalue weighted by Gasteiger charge is 2.22. The van der Waals surface area contributed by atoms with Crippen molar-refractivity contribution in [3.05, 3.63) is 64.0 Å². The van der Waals surface area contributed by atoms with Crippen LogP contribution < -0.4 is 14.9 Å². The van der Waals surface area contributed by atoms with Gasteiger partial charge in [-0.1, -0.05) is 6.92 Å². The molecule has 4 rings (SSSR count). The number of methoxy groups -OCH3 is 1. The number of benzene rings is 2. The van der Waals surface area contributed by atoms with E-state index in [2.05, 4.69) is 4.90 Å². The molecule has 1 aliphatic rings. The van der Waals surface area contributed by atoms with E-state index in [0.717, 1.165) is 12.0 Å². The summed E-state index contributed by atoms with van der Waals surface area (Å²) in [4.78, 5) is 27.0. The molecule has 2 heterocycles. The summed E-state index contributed by atoms with van der Waals surface area (Å²) in [6, 6.07) is 9.88. The van der Waals surface area contributed by atoms with Crippen LogP contribution in [0.15, 0.2) is 51.9 Å². The van der Waals surface area contributed by atoms with Gasteiger partial charge in [0.05, 0.1) is 29.7 Å². The number of esters is 1. The molecule has 8 nitrogen and oxygen atoms in total. The average molecular weight is 439 g/mol. The molecule has 0 radical (unpaired) electrons. The highest BCUT2D eigenvalue weighted by molar-refractivity contribution is 5.89. The van der Waals surface area contributed by atoms with Gasteiger partial charge in [0.25, 0.3) is 0 Å². The van der Waals surface area contributed by atoms with Crippen LogP contribution in [-0.2, 0) is 16.0 Å². The summed E-state index contributed by atoms with van der Waals surface area (Å²) < 4.78 is 27.6. The number of carbonyl (C=O) groups is 1. The van der Waals surface area contributed by atoms with Crippen molar-refractivity contribution in [2.45, 2.75) is 19.9 Å². The van der Waals surface area contributed by atoms with Crippen LogP contribution in [0.2, 0.25) is 0 Å². The fourth-order valence-electron chi connectivity index (χ4n) is 3.44. The summed E-state index contributed by atoms with van der Waals surface area (Å²) in [6.45, 7) is 4.64. The van der Waals surface area contributed by atoms with Gasteiger partial charge < -0.3 is 23.4 Å². The Hall–Kier alpha value is -3.36. The molecule has 32 heavy (non-hydrogen) atoms. The zero-order valence-corrected chi connectivity index (χ0v) is 18.1. The number of ether oxygens (including phenoxy) is 4. The van der Waals surface area contributed by atoms with E-state index < -0.39 is 5.97 Å². The van der Waals surface area contributed by atoms with Gasteiger partial charge in [-0.15, -0.1) is 0 Å². The Morgan fingerprint density at radius 1 is 1.12 bits per heavy atom. The standard InChI is InChI=1S/C24H25NO7/c1-3-11-29-24(27)16-4-6-17(7-5-16)32-21-14-30-23-18(22(21)26)8-9-20-19(23)13-25(15-31-20)10-12-28-2/h4-9,14H,3,10-13,15H2,1-2H3. The van der Waals surface area contributed by atoms with Crippen LogP contribution in [0.25, 0.3) is 11.0 Å². The molecule has 3 aromatic rings. The van der Waals surface area contributed by atoms with Crippen molar-refractivity contribution in [3.63, 3.8) is 0 Å². The first-order valence-corrected chi connectivity index (χ1v) is 10.5. The zero-order chi connectivity index (χ0) is 22.5. The van der Waals surface area contributed by atoms with Gasteiger partial charge in [0.2, 0.25) is 11.2 Å². The van der Waals surface area contributed by atoms with Gasteiger partial charge in [-0.25, -0.2) is 4.79 Å². The van der Waals surface area contributed by atoms with Crippen molar-refractivity contribution in [3.8, 4) is 17.2 Å². The minimum atomic E-state index is -0.393. The highest BCUT2D eigenvalue weighted by atomic mass is 16.5. The van der Waals surface area contributed by atoms with Gasteiger partial charge in [0, 0.05) is 20.2 Å². The first-order chi connectivity index (χ1) is 15.6. The van der Waals surface area contributed by atoms with Crippen LogP contribution >= 0.6 is 0 Å². The van der Waals surface area contributed by atoms with E-state index in [-0.39, 0.29) is 11.2 Å². The lowest BCUT2D eigenvalue weighted by molar-refractivity contribution is 0.0505. The van der Waals surface area contributed by atoms with Gasteiger partial charge in [-0.3, -0.25) is 9.69 Å². The molecule has 0 amide bonds. The molecule has 0 unspecified atom stereocenters. The zero-order valence-electron chi connectivity index (χ0n) is 18.1. The maximum Gasteiger partial charge on any atom is 0.338 e. The third-order valence-corrected chi connectivity index (χ3v) is 5.12. The van der Waals surface area contributed by atoms with Crippen molar-refractivity contribution < 1.29 is 28.2 Å². The number of fused-ring (bicyclic) bond motifs is 3. The molecule has 0 spiro atoms. The highest BCUT2D eigenvalue weighted by Crippen LogP contribution is 2.32. The van der Waals surface area contributed by atoms with E-state index >= 15 is 0 Å². The second-order valence-electron chi connectivity index (χ2n) is 7.43. The normalized spacial score (nSPS) is 13.4. The Kier molecular flexibility index (Phi) is 6.72. The van der Waals surface area contributed by atoms with E-state index in [1.807, 2.05) is 6.92 Å². The Balaban J connectivity index is 1.56. The Labute approximate surface area is 185 Å². The van der Waals surface area contributed by atoms with E-state index in [9.17, 15) is 9.59 Å². The molecule has 0 atom stereocenters. The Morgan fingerprint density at radius 3 is 2.69 bits per heavy atom. The molecular formula is C24H25NO7. The van der Waals surface area contributed by atoms with E-state index in [0.29, 0.717) is 61.1 Å². The van der Waals surface area contributed by atoms with Gasteiger partial charge in [-0.05, 0) is 42.8 Å². The summed E-state index contributed by atoms with van der Waals surface area (Å²) >= 11 is 0. The molecule has 0 fully saturated rings.